The molecule has 7 nitrogen and oxygen atoms in total. The predicted molar refractivity (Wildman–Crippen MR) is 131 cm³/mol. The van der Waals surface area contributed by atoms with E-state index in [0.717, 1.165) is 21.7 Å². The van der Waals surface area contributed by atoms with Crippen LogP contribution >= 0.6 is 11.3 Å². The first-order valence-electron chi connectivity index (χ1n) is 10.6. The highest BCUT2D eigenvalue weighted by Gasteiger charge is 2.34. The van der Waals surface area contributed by atoms with Crippen LogP contribution in [0.2, 0.25) is 0 Å². The van der Waals surface area contributed by atoms with Crippen LogP contribution in [-0.2, 0) is 14.3 Å². The summed E-state index contributed by atoms with van der Waals surface area (Å²) in [6.45, 7) is -0.414. The van der Waals surface area contributed by atoms with Gasteiger partial charge < -0.3 is 14.2 Å². The van der Waals surface area contributed by atoms with Crippen molar-refractivity contribution in [3.8, 4) is 11.5 Å². The van der Waals surface area contributed by atoms with Gasteiger partial charge in [0.2, 0.25) is 0 Å². The zero-order chi connectivity index (χ0) is 23.9. The Balaban J connectivity index is 1.50. The van der Waals surface area contributed by atoms with Crippen LogP contribution in [0, 0.1) is 0 Å². The van der Waals surface area contributed by atoms with Crippen molar-refractivity contribution in [2.75, 3.05) is 20.8 Å². The number of ether oxygens (including phenoxy) is 3. The summed E-state index contributed by atoms with van der Waals surface area (Å²) >= 11 is 1.56. The van der Waals surface area contributed by atoms with Gasteiger partial charge in [-0.25, -0.2) is 9.80 Å². The van der Waals surface area contributed by atoms with E-state index >= 15 is 0 Å². The number of rotatable bonds is 8. The maximum Gasteiger partial charge on any atom is 0.331 e. The lowest BCUT2D eigenvalue weighted by Crippen LogP contribution is -2.31. The Bertz CT molecular complexity index is 1210. The van der Waals surface area contributed by atoms with Crippen molar-refractivity contribution >= 4 is 35.0 Å². The number of carbonyl (C=O) groups excluding carboxylic acids is 2. The molecule has 174 valence electrons. The number of hydrogen-bond donors (Lipinski definition) is 0. The smallest absolute Gasteiger partial charge is 0.331 e. The summed E-state index contributed by atoms with van der Waals surface area (Å²) in [5.74, 6) is 0.157. The Morgan fingerprint density at radius 3 is 2.56 bits per heavy atom. The molecule has 0 N–H and O–H groups in total. The van der Waals surface area contributed by atoms with Gasteiger partial charge in [-0.2, -0.15) is 5.10 Å². The van der Waals surface area contributed by atoms with Crippen molar-refractivity contribution in [3.05, 3.63) is 88.1 Å². The number of benzene rings is 2. The molecular weight excluding hydrogens is 452 g/mol. The number of esters is 1. The average molecular weight is 477 g/mol. The number of hydrazone groups is 1. The monoisotopic (exact) mass is 476 g/mol. The fourth-order valence-corrected chi connectivity index (χ4v) is 4.35. The summed E-state index contributed by atoms with van der Waals surface area (Å²) in [5.41, 5.74) is 2.51. The highest BCUT2D eigenvalue weighted by atomic mass is 32.1. The standard InChI is InChI=1S/C26H24N2O5S/c1-31-22-12-11-19(15-23(22)32-2)21-16-20(24-9-6-14-34-24)27-28(21)25(29)17-33-26(30)13-10-18-7-4-3-5-8-18/h3-15,21H,16-17H2,1-2H3. The Morgan fingerprint density at radius 2 is 1.85 bits per heavy atom. The lowest BCUT2D eigenvalue weighted by atomic mass is 10.0. The fourth-order valence-electron chi connectivity index (χ4n) is 3.63. The van der Waals surface area contributed by atoms with E-state index in [4.69, 9.17) is 14.2 Å². The van der Waals surface area contributed by atoms with Gasteiger partial charge in [0.05, 0.1) is 30.9 Å². The highest BCUT2D eigenvalue weighted by molar-refractivity contribution is 7.12. The topological polar surface area (TPSA) is 77.4 Å². The summed E-state index contributed by atoms with van der Waals surface area (Å²) in [6.07, 6.45) is 3.48. The minimum Gasteiger partial charge on any atom is -0.493 e. The first-order valence-corrected chi connectivity index (χ1v) is 11.5. The van der Waals surface area contributed by atoms with Gasteiger partial charge in [-0.3, -0.25) is 4.79 Å². The van der Waals surface area contributed by atoms with Gasteiger partial charge in [-0.05, 0) is 40.8 Å². The zero-order valence-corrected chi connectivity index (χ0v) is 19.7. The Hall–Kier alpha value is -3.91. The molecular formula is C26H24N2O5S. The number of methoxy groups -OCH3 is 2. The quantitative estimate of drug-likeness (QED) is 0.348. The predicted octanol–water partition coefficient (Wildman–Crippen LogP) is 4.70. The van der Waals surface area contributed by atoms with Crippen molar-refractivity contribution < 1.29 is 23.8 Å². The molecule has 2 aromatic carbocycles. The van der Waals surface area contributed by atoms with Crippen molar-refractivity contribution in [1.82, 2.24) is 5.01 Å². The molecule has 1 aliphatic heterocycles. The Kier molecular flexibility index (Phi) is 7.39. The molecule has 0 saturated carbocycles. The molecule has 1 aromatic heterocycles. The third-order valence-electron chi connectivity index (χ3n) is 5.31. The van der Waals surface area contributed by atoms with Crippen LogP contribution in [0.3, 0.4) is 0 Å². The largest absolute Gasteiger partial charge is 0.493 e. The van der Waals surface area contributed by atoms with Crippen molar-refractivity contribution in [3.63, 3.8) is 0 Å². The lowest BCUT2D eigenvalue weighted by molar-refractivity contribution is -0.149. The summed E-state index contributed by atoms with van der Waals surface area (Å²) in [4.78, 5) is 26.2. The molecule has 0 fully saturated rings. The minimum absolute atomic E-state index is 0.358. The Morgan fingerprint density at radius 1 is 1.06 bits per heavy atom. The van der Waals surface area contributed by atoms with Crippen LogP contribution in [0.5, 0.6) is 11.5 Å². The van der Waals surface area contributed by atoms with Crippen molar-refractivity contribution in [2.24, 2.45) is 5.10 Å². The van der Waals surface area contributed by atoms with Gasteiger partial charge in [0.1, 0.15) is 0 Å². The van der Waals surface area contributed by atoms with Crippen LogP contribution in [0.4, 0.5) is 0 Å². The SMILES string of the molecule is COc1ccc(C2CC(c3cccs3)=NN2C(=O)COC(=O)C=Cc2ccccc2)cc1OC. The lowest BCUT2D eigenvalue weighted by Gasteiger charge is -2.22. The van der Waals surface area contributed by atoms with Gasteiger partial charge in [0.25, 0.3) is 5.91 Å². The third-order valence-corrected chi connectivity index (χ3v) is 6.23. The summed E-state index contributed by atoms with van der Waals surface area (Å²) in [6, 6.07) is 18.5. The van der Waals surface area contributed by atoms with Crippen LogP contribution in [0.25, 0.3) is 6.08 Å². The normalized spacial score (nSPS) is 15.3. The molecule has 0 aliphatic carbocycles. The van der Waals surface area contributed by atoms with E-state index in [2.05, 4.69) is 5.10 Å². The molecule has 0 spiro atoms. The van der Waals surface area contributed by atoms with Crippen LogP contribution in [0.15, 0.2) is 77.2 Å². The molecule has 2 heterocycles. The summed E-state index contributed by atoms with van der Waals surface area (Å²) in [7, 11) is 3.14. The van der Waals surface area contributed by atoms with Gasteiger partial charge in [-0.15, -0.1) is 11.3 Å². The number of carbonyl (C=O) groups is 2. The van der Waals surface area contributed by atoms with E-state index in [0.29, 0.717) is 17.9 Å². The van der Waals surface area contributed by atoms with Crippen molar-refractivity contribution in [1.29, 1.82) is 0 Å². The van der Waals surface area contributed by atoms with Crippen LogP contribution < -0.4 is 9.47 Å². The van der Waals surface area contributed by atoms with E-state index in [9.17, 15) is 9.59 Å². The molecule has 1 atom stereocenters. The molecule has 8 heteroatoms. The second kappa shape index (κ2) is 10.8. The molecule has 0 saturated heterocycles. The van der Waals surface area contributed by atoms with E-state index in [-0.39, 0.29) is 6.04 Å². The number of nitrogens with zero attached hydrogens (tertiary/aromatic N) is 2. The van der Waals surface area contributed by atoms with E-state index < -0.39 is 18.5 Å². The molecule has 1 amide bonds. The molecule has 1 aliphatic rings. The minimum atomic E-state index is -0.596. The fraction of sp³-hybridized carbons (Fsp3) is 0.192. The number of hydrogen-bond acceptors (Lipinski definition) is 7. The van der Waals surface area contributed by atoms with Crippen molar-refractivity contribution in [2.45, 2.75) is 12.5 Å². The number of thiophene rings is 1. The highest BCUT2D eigenvalue weighted by Crippen LogP contribution is 2.37. The maximum atomic E-state index is 13.1. The van der Waals surface area contributed by atoms with E-state index in [1.54, 1.807) is 37.7 Å². The average Bonchev–Trinajstić information content (AvgIpc) is 3.56. The zero-order valence-electron chi connectivity index (χ0n) is 18.8. The first kappa shape index (κ1) is 23.3. The molecule has 3 aromatic rings. The third kappa shape index (κ3) is 5.35. The van der Waals surface area contributed by atoms with Gasteiger partial charge >= 0.3 is 5.97 Å². The first-order chi connectivity index (χ1) is 16.6. The van der Waals surface area contributed by atoms with Crippen LogP contribution in [0.1, 0.15) is 28.5 Å². The second-order valence-electron chi connectivity index (χ2n) is 7.45. The molecule has 34 heavy (non-hydrogen) atoms. The molecule has 0 radical (unpaired) electrons. The van der Waals surface area contributed by atoms with Gasteiger partial charge in [0, 0.05) is 12.5 Å². The Labute approximate surface area is 201 Å². The molecule has 0 bridgehead atoms. The van der Waals surface area contributed by atoms with E-state index in [1.807, 2.05) is 60.0 Å². The van der Waals surface area contributed by atoms with E-state index in [1.165, 1.54) is 11.1 Å². The van der Waals surface area contributed by atoms with Crippen LogP contribution in [-0.4, -0.2) is 43.4 Å². The van der Waals surface area contributed by atoms with Gasteiger partial charge in [-0.1, -0.05) is 42.5 Å². The maximum absolute atomic E-state index is 13.1. The second-order valence-corrected chi connectivity index (χ2v) is 8.40. The molecule has 4 rings (SSSR count). The van der Waals surface area contributed by atoms with Gasteiger partial charge in [0.15, 0.2) is 18.1 Å². The summed E-state index contributed by atoms with van der Waals surface area (Å²) < 4.78 is 16.0. The molecule has 1 unspecified atom stereocenters. The number of amides is 1. The summed E-state index contributed by atoms with van der Waals surface area (Å²) in [5, 5.41) is 7.95.